The molecule has 2 heterocycles. The minimum atomic E-state index is -3.06. The third-order valence-electron chi connectivity index (χ3n) is 4.06. The first kappa shape index (κ1) is 27.9. The van der Waals surface area contributed by atoms with Crippen LogP contribution in [-0.4, -0.2) is 47.5 Å². The van der Waals surface area contributed by atoms with E-state index in [1.54, 1.807) is 20.8 Å². The Hall–Kier alpha value is -2.38. The van der Waals surface area contributed by atoms with E-state index in [1.807, 2.05) is 0 Å². The monoisotopic (exact) mass is 564 g/mol. The lowest BCUT2D eigenvalue weighted by Gasteiger charge is -2.24. The van der Waals surface area contributed by atoms with Gasteiger partial charge in [0.1, 0.15) is 11.3 Å². The Kier molecular flexibility index (Phi) is 9.71. The van der Waals surface area contributed by atoms with Crippen molar-refractivity contribution in [3.8, 4) is 5.19 Å². The summed E-state index contributed by atoms with van der Waals surface area (Å²) < 4.78 is 43.0. The molecule has 0 aliphatic heterocycles. The molecule has 2 aromatic rings. The summed E-state index contributed by atoms with van der Waals surface area (Å²) in [5.74, 6) is -3.06. The number of carbonyl (C=O) groups is 2. The largest absolute Gasteiger partial charge is 0.444 e. The zero-order chi connectivity index (χ0) is 25.5. The topological polar surface area (TPSA) is 112 Å². The molecule has 0 saturated carbocycles. The number of hydrogen-bond donors (Lipinski definition) is 2. The standard InChI is InChI=1S/C21H27BrF2N4O5S/c1-20(2,3)33-18(30)27-13(8-12-6-7-15(25-9-12)21(4,23)24)10-26-17(29)32-19-28-14(11-31-5)16(22)34-19/h6-7,9,13H,8,10-11H2,1-5H3,(H,26,29)(H,27,30)/t13-/m0/s1. The highest BCUT2D eigenvalue weighted by Gasteiger charge is 2.26. The summed E-state index contributed by atoms with van der Waals surface area (Å²) in [6.07, 6.45) is 0.0352. The predicted molar refractivity (Wildman–Crippen MR) is 125 cm³/mol. The summed E-state index contributed by atoms with van der Waals surface area (Å²) in [5, 5.41) is 5.35. The fourth-order valence-corrected chi connectivity index (χ4v) is 3.91. The molecular weight excluding hydrogens is 538 g/mol. The maximum Gasteiger partial charge on any atom is 0.414 e. The third kappa shape index (κ3) is 9.47. The van der Waals surface area contributed by atoms with Gasteiger partial charge in [0, 0.05) is 26.8 Å². The number of nitrogens with zero attached hydrogens (tertiary/aromatic N) is 2. The predicted octanol–water partition coefficient (Wildman–Crippen LogP) is 4.78. The van der Waals surface area contributed by atoms with Crippen LogP contribution in [0, 0.1) is 0 Å². The second-order valence-electron chi connectivity index (χ2n) is 8.39. The molecule has 1 atom stereocenters. The SMILES string of the molecule is COCc1nc(OC(=O)NC[C@H](Cc2ccc(C(C)(F)F)nc2)NC(=O)OC(C)(C)C)sc1Br. The molecule has 0 unspecified atom stereocenters. The Morgan fingerprint density at radius 3 is 2.47 bits per heavy atom. The van der Waals surface area contributed by atoms with E-state index in [-0.39, 0.29) is 30.5 Å². The highest BCUT2D eigenvalue weighted by molar-refractivity contribution is 9.11. The van der Waals surface area contributed by atoms with Crippen molar-refractivity contribution in [2.75, 3.05) is 13.7 Å². The molecular formula is C21H27BrF2N4O5S. The van der Waals surface area contributed by atoms with E-state index in [0.717, 1.165) is 18.3 Å². The first-order valence-electron chi connectivity index (χ1n) is 10.2. The molecule has 9 nitrogen and oxygen atoms in total. The van der Waals surface area contributed by atoms with Crippen LogP contribution in [0.3, 0.4) is 0 Å². The summed E-state index contributed by atoms with van der Waals surface area (Å²) in [6.45, 7) is 6.14. The van der Waals surface area contributed by atoms with Crippen molar-refractivity contribution in [3.05, 3.63) is 39.1 Å². The number of alkyl carbamates (subject to hydrolysis) is 1. The molecule has 34 heavy (non-hydrogen) atoms. The summed E-state index contributed by atoms with van der Waals surface area (Å²) in [6, 6.07) is 2.08. The number of methoxy groups -OCH3 is 1. The molecule has 2 amide bonds. The number of aromatic nitrogens is 2. The van der Waals surface area contributed by atoms with Crippen molar-refractivity contribution in [3.63, 3.8) is 0 Å². The van der Waals surface area contributed by atoms with Gasteiger partial charge in [0.25, 0.3) is 11.1 Å². The number of halogens is 3. The molecule has 0 aromatic carbocycles. The molecule has 0 radical (unpaired) electrons. The smallest absolute Gasteiger partial charge is 0.414 e. The molecule has 0 aliphatic rings. The van der Waals surface area contributed by atoms with Gasteiger partial charge in [0.2, 0.25) is 0 Å². The highest BCUT2D eigenvalue weighted by atomic mass is 79.9. The molecule has 188 valence electrons. The molecule has 0 bridgehead atoms. The Labute approximate surface area is 208 Å². The summed E-state index contributed by atoms with van der Waals surface area (Å²) >= 11 is 4.45. The lowest BCUT2D eigenvalue weighted by molar-refractivity contribution is 0.0127. The van der Waals surface area contributed by atoms with Gasteiger partial charge in [-0.2, -0.15) is 8.78 Å². The van der Waals surface area contributed by atoms with Crippen molar-refractivity contribution < 1.29 is 32.6 Å². The second-order valence-corrected chi connectivity index (χ2v) is 10.7. The van der Waals surface area contributed by atoms with Crippen LogP contribution in [0.5, 0.6) is 5.19 Å². The van der Waals surface area contributed by atoms with Crippen molar-refractivity contribution >= 4 is 39.5 Å². The number of thiazole rings is 1. The number of pyridine rings is 1. The Morgan fingerprint density at radius 2 is 1.91 bits per heavy atom. The molecule has 0 spiro atoms. The molecule has 2 rings (SSSR count). The van der Waals surface area contributed by atoms with Crippen LogP contribution in [0.25, 0.3) is 0 Å². The molecule has 13 heteroatoms. The van der Waals surface area contributed by atoms with Gasteiger partial charge in [-0.15, -0.1) is 0 Å². The van der Waals surface area contributed by atoms with Crippen LogP contribution in [0.1, 0.15) is 44.6 Å². The minimum absolute atomic E-state index is 0.0265. The van der Waals surface area contributed by atoms with E-state index < -0.39 is 29.8 Å². The quantitative estimate of drug-likeness (QED) is 0.450. The van der Waals surface area contributed by atoms with E-state index in [1.165, 1.54) is 25.4 Å². The van der Waals surface area contributed by atoms with Crippen molar-refractivity contribution in [1.29, 1.82) is 0 Å². The van der Waals surface area contributed by atoms with Gasteiger partial charge in [-0.25, -0.2) is 14.6 Å². The molecule has 0 fully saturated rings. The summed E-state index contributed by atoms with van der Waals surface area (Å²) in [4.78, 5) is 32.5. The molecule has 0 saturated heterocycles. The van der Waals surface area contributed by atoms with Gasteiger partial charge in [-0.1, -0.05) is 17.4 Å². The molecule has 0 aliphatic carbocycles. The van der Waals surface area contributed by atoms with Crippen molar-refractivity contribution in [2.24, 2.45) is 0 Å². The maximum absolute atomic E-state index is 13.4. The van der Waals surface area contributed by atoms with E-state index in [0.29, 0.717) is 15.0 Å². The third-order valence-corrected chi connectivity index (χ3v) is 5.77. The van der Waals surface area contributed by atoms with Crippen LogP contribution in [0.2, 0.25) is 0 Å². The van der Waals surface area contributed by atoms with Gasteiger partial charge in [-0.05, 0) is 54.8 Å². The zero-order valence-corrected chi connectivity index (χ0v) is 21.8. The number of alkyl halides is 2. The van der Waals surface area contributed by atoms with E-state index >= 15 is 0 Å². The normalized spacial score (nSPS) is 12.7. The maximum atomic E-state index is 13.4. The van der Waals surface area contributed by atoms with Gasteiger partial charge in [-0.3, -0.25) is 4.98 Å². The number of hydrogen-bond acceptors (Lipinski definition) is 8. The van der Waals surface area contributed by atoms with Gasteiger partial charge in [0.15, 0.2) is 0 Å². The fourth-order valence-electron chi connectivity index (χ4n) is 2.64. The zero-order valence-electron chi connectivity index (χ0n) is 19.4. The number of rotatable bonds is 9. The molecule has 2 aromatic heterocycles. The lowest BCUT2D eigenvalue weighted by Crippen LogP contribution is -2.47. The van der Waals surface area contributed by atoms with E-state index in [2.05, 4.69) is 36.5 Å². The van der Waals surface area contributed by atoms with Gasteiger partial charge in [0.05, 0.1) is 22.1 Å². The molecule has 2 N–H and O–H groups in total. The van der Waals surface area contributed by atoms with Crippen molar-refractivity contribution in [1.82, 2.24) is 20.6 Å². The average molecular weight is 565 g/mol. The van der Waals surface area contributed by atoms with Gasteiger partial charge < -0.3 is 24.8 Å². The fraction of sp³-hybridized carbons (Fsp3) is 0.524. The Morgan fingerprint density at radius 1 is 1.21 bits per heavy atom. The van der Waals surface area contributed by atoms with Gasteiger partial charge >= 0.3 is 12.2 Å². The average Bonchev–Trinajstić information content (AvgIpc) is 3.03. The number of amides is 2. The van der Waals surface area contributed by atoms with Crippen LogP contribution < -0.4 is 15.4 Å². The number of nitrogens with one attached hydrogen (secondary N) is 2. The highest BCUT2D eigenvalue weighted by Crippen LogP contribution is 2.30. The van der Waals surface area contributed by atoms with Crippen LogP contribution in [-0.2, 0) is 28.4 Å². The van der Waals surface area contributed by atoms with Crippen molar-refractivity contribution in [2.45, 2.75) is 58.3 Å². The summed E-state index contributed by atoms with van der Waals surface area (Å²) in [7, 11) is 1.52. The Balaban J connectivity index is 2.04. The van der Waals surface area contributed by atoms with E-state index in [9.17, 15) is 18.4 Å². The Bertz CT molecular complexity index is 977. The summed E-state index contributed by atoms with van der Waals surface area (Å²) in [5.41, 5.74) is 0.0809. The van der Waals surface area contributed by atoms with E-state index in [4.69, 9.17) is 14.2 Å². The first-order valence-corrected chi connectivity index (χ1v) is 11.8. The first-order chi connectivity index (χ1) is 15.8. The van der Waals surface area contributed by atoms with Crippen LogP contribution >= 0.6 is 27.3 Å². The second kappa shape index (κ2) is 11.8. The van der Waals surface area contributed by atoms with Crippen LogP contribution in [0.4, 0.5) is 18.4 Å². The minimum Gasteiger partial charge on any atom is -0.444 e. The number of carbonyl (C=O) groups excluding carboxylic acids is 2. The number of ether oxygens (including phenoxy) is 3. The van der Waals surface area contributed by atoms with Crippen LogP contribution in [0.15, 0.2) is 22.1 Å². The lowest BCUT2D eigenvalue weighted by atomic mass is 10.1.